The van der Waals surface area contributed by atoms with E-state index in [0.29, 0.717) is 0 Å². The Morgan fingerprint density at radius 2 is 1.38 bits per heavy atom. The fraction of sp³-hybridized carbons (Fsp3) is 1.00. The van der Waals surface area contributed by atoms with Crippen LogP contribution in [0.2, 0.25) is 9.38 Å². The molecule has 0 spiro atoms. The molecule has 0 radical (unpaired) electrons. The zero-order chi connectivity index (χ0) is 13.4. The summed E-state index contributed by atoms with van der Waals surface area (Å²) in [6, 6.07) is 0. The first-order valence-electron chi connectivity index (χ1n) is 6.12. The molecule has 0 aliphatic rings. The van der Waals surface area contributed by atoms with Crippen molar-refractivity contribution in [2.24, 2.45) is 5.73 Å². The van der Waals surface area contributed by atoms with Crippen LogP contribution in [0.25, 0.3) is 0 Å². The van der Waals surface area contributed by atoms with Crippen LogP contribution in [0.1, 0.15) is 47.0 Å². The van der Waals surface area contributed by atoms with Crippen molar-refractivity contribution >= 4 is 21.1 Å². The molecule has 0 amide bonds. The zero-order valence-corrected chi connectivity index (χ0v) is 14.4. The molecule has 0 saturated carbocycles. The second kappa shape index (κ2) is 21.0. The topological polar surface area (TPSA) is 72.1 Å². The van der Waals surface area contributed by atoms with Gasteiger partial charge in [0.25, 0.3) is 0 Å². The fourth-order valence-corrected chi connectivity index (χ4v) is 1.87. The molecule has 2 N–H and O–H groups in total. The first-order chi connectivity index (χ1) is 7.45. The molecule has 0 aliphatic heterocycles. The SMILES string of the molecule is CCC(C)[O-].CCC(C)[O-].[CH3][Sn+2][CH2]CCN. The van der Waals surface area contributed by atoms with Gasteiger partial charge in [-0.15, -0.1) is 12.2 Å². The summed E-state index contributed by atoms with van der Waals surface area (Å²) in [7, 11) is 0. The summed E-state index contributed by atoms with van der Waals surface area (Å²) >= 11 is 0.110. The molecule has 0 fully saturated rings. The molecule has 0 aliphatic carbocycles. The molecule has 2 atom stereocenters. The van der Waals surface area contributed by atoms with Crippen LogP contribution in [0.3, 0.4) is 0 Å². The summed E-state index contributed by atoms with van der Waals surface area (Å²) < 4.78 is 1.46. The van der Waals surface area contributed by atoms with E-state index in [1.807, 2.05) is 13.8 Å². The molecule has 0 rings (SSSR count). The Kier molecular flexibility index (Phi) is 28.8. The van der Waals surface area contributed by atoms with Crippen LogP contribution in [0.4, 0.5) is 0 Å². The van der Waals surface area contributed by atoms with Gasteiger partial charge in [0.05, 0.1) is 0 Å². The van der Waals surface area contributed by atoms with Gasteiger partial charge in [0.15, 0.2) is 0 Å². The van der Waals surface area contributed by atoms with Crippen molar-refractivity contribution < 1.29 is 10.2 Å². The second-order valence-corrected chi connectivity index (χ2v) is 7.13. The zero-order valence-electron chi connectivity index (χ0n) is 11.6. The van der Waals surface area contributed by atoms with Crippen LogP contribution in [-0.2, 0) is 0 Å². The third kappa shape index (κ3) is 46.6. The summed E-state index contributed by atoms with van der Waals surface area (Å²) in [4.78, 5) is 2.35. The van der Waals surface area contributed by atoms with Gasteiger partial charge in [-0.3, -0.25) is 0 Å². The average Bonchev–Trinajstić information content (AvgIpc) is 2.27. The maximum absolute atomic E-state index is 9.90. The van der Waals surface area contributed by atoms with E-state index in [4.69, 9.17) is 5.73 Å². The Bertz CT molecular complexity index is 89.0. The van der Waals surface area contributed by atoms with E-state index >= 15 is 0 Å². The van der Waals surface area contributed by atoms with Crippen LogP contribution >= 0.6 is 0 Å². The quantitative estimate of drug-likeness (QED) is 0.595. The monoisotopic (exact) mass is 339 g/mol. The van der Waals surface area contributed by atoms with Crippen molar-refractivity contribution in [1.29, 1.82) is 0 Å². The van der Waals surface area contributed by atoms with Gasteiger partial charge in [0.2, 0.25) is 0 Å². The first kappa shape index (κ1) is 21.9. The van der Waals surface area contributed by atoms with Gasteiger partial charge in [0, 0.05) is 0 Å². The van der Waals surface area contributed by atoms with Gasteiger partial charge in [0.1, 0.15) is 0 Å². The van der Waals surface area contributed by atoms with Crippen molar-refractivity contribution in [2.45, 2.75) is 68.5 Å². The normalized spacial score (nSPS) is 12.2. The fourth-order valence-electron chi connectivity index (χ4n) is 0.279. The Hall–Kier alpha value is 0.679. The first-order valence-corrected chi connectivity index (χ1v) is 11.0. The summed E-state index contributed by atoms with van der Waals surface area (Å²) in [5.74, 6) is 0. The average molecular weight is 338 g/mol. The Labute approximate surface area is 112 Å². The van der Waals surface area contributed by atoms with Crippen LogP contribution in [0.5, 0.6) is 0 Å². The summed E-state index contributed by atoms with van der Waals surface area (Å²) in [5, 5.41) is 19.8. The van der Waals surface area contributed by atoms with Crippen molar-refractivity contribution in [3.05, 3.63) is 0 Å². The molecule has 16 heavy (non-hydrogen) atoms. The van der Waals surface area contributed by atoms with Crippen molar-refractivity contribution in [3.63, 3.8) is 0 Å². The van der Waals surface area contributed by atoms with Gasteiger partial charge < -0.3 is 10.2 Å². The van der Waals surface area contributed by atoms with Gasteiger partial charge in [-0.25, -0.2) is 0 Å². The van der Waals surface area contributed by atoms with Crippen molar-refractivity contribution in [1.82, 2.24) is 0 Å². The third-order valence-corrected chi connectivity index (χ3v) is 4.22. The number of hydrogen-bond donors (Lipinski definition) is 1. The van der Waals surface area contributed by atoms with Crippen LogP contribution in [-0.4, -0.2) is 39.9 Å². The predicted octanol–water partition coefficient (Wildman–Crippen LogP) is 0.796. The van der Waals surface area contributed by atoms with Crippen LogP contribution in [0.15, 0.2) is 0 Å². The number of hydrogen-bond acceptors (Lipinski definition) is 3. The van der Waals surface area contributed by atoms with Gasteiger partial charge in [-0.05, 0) is 0 Å². The van der Waals surface area contributed by atoms with Gasteiger partial charge in [-0.2, -0.15) is 0 Å². The van der Waals surface area contributed by atoms with E-state index < -0.39 is 0 Å². The molecule has 0 aromatic rings. The summed E-state index contributed by atoms with van der Waals surface area (Å²) in [6.07, 6.45) is 2.04. The van der Waals surface area contributed by atoms with Gasteiger partial charge in [-0.1, -0.05) is 40.5 Å². The van der Waals surface area contributed by atoms with Crippen LogP contribution < -0.4 is 15.9 Å². The summed E-state index contributed by atoms with van der Waals surface area (Å²) in [5.41, 5.74) is 5.24. The van der Waals surface area contributed by atoms with Gasteiger partial charge >= 0.3 is 49.2 Å². The standard InChI is InChI=1S/2C4H9O.C3H8N.CH3.Sn/c2*1-3-4(2)5;1-2-3-4;;/h2*4H,3H2,1-2H3;1-4H2;1H3;/q2*-1;;;+2. The Morgan fingerprint density at radius 1 is 1.06 bits per heavy atom. The molecule has 0 aromatic carbocycles. The van der Waals surface area contributed by atoms with Crippen molar-refractivity contribution in [2.75, 3.05) is 6.54 Å². The number of rotatable bonds is 5. The molecule has 0 saturated heterocycles. The second-order valence-electron chi connectivity index (χ2n) is 3.68. The Morgan fingerprint density at radius 3 is 1.44 bits per heavy atom. The van der Waals surface area contributed by atoms with Crippen LogP contribution in [0, 0.1) is 0 Å². The van der Waals surface area contributed by atoms with E-state index in [9.17, 15) is 10.2 Å². The third-order valence-electron chi connectivity index (χ3n) is 1.78. The molecule has 0 bridgehead atoms. The molecule has 98 valence electrons. The predicted molar refractivity (Wildman–Crippen MR) is 69.6 cm³/mol. The number of nitrogens with two attached hydrogens (primary N) is 1. The van der Waals surface area contributed by atoms with E-state index in [1.54, 1.807) is 13.8 Å². The van der Waals surface area contributed by atoms with E-state index in [-0.39, 0.29) is 33.4 Å². The molecule has 3 nitrogen and oxygen atoms in total. The van der Waals surface area contributed by atoms with E-state index in [2.05, 4.69) is 4.94 Å². The molecule has 0 heterocycles. The maximum atomic E-state index is 9.90. The Balaban J connectivity index is -0.000000160. The van der Waals surface area contributed by atoms with E-state index in [0.717, 1.165) is 19.4 Å². The molecular weight excluding hydrogens is 309 g/mol. The molecular formula is C12H29NO2Sn. The summed E-state index contributed by atoms with van der Waals surface area (Å²) in [6.45, 7) is 8.00. The van der Waals surface area contributed by atoms with Crippen molar-refractivity contribution in [3.8, 4) is 0 Å². The minimum atomic E-state index is -0.366. The molecule has 2 unspecified atom stereocenters. The molecule has 4 heteroatoms. The molecule has 0 aromatic heterocycles. The minimum absolute atomic E-state index is 0.110. The van der Waals surface area contributed by atoms with E-state index in [1.165, 1.54) is 10.9 Å².